The largest absolute Gasteiger partial charge is 0.493 e. The van der Waals surface area contributed by atoms with E-state index in [-0.39, 0.29) is 19.0 Å². The molecule has 0 fully saturated rings. The minimum Gasteiger partial charge on any atom is -0.493 e. The molecule has 0 aliphatic carbocycles. The predicted octanol–water partition coefficient (Wildman–Crippen LogP) is 1.98. The fourth-order valence-corrected chi connectivity index (χ4v) is 1.69. The molecule has 1 unspecified atom stereocenters. The third-order valence-electron chi connectivity index (χ3n) is 2.45. The van der Waals surface area contributed by atoms with Gasteiger partial charge in [-0.2, -0.15) is 0 Å². The van der Waals surface area contributed by atoms with Crippen molar-refractivity contribution in [3.8, 4) is 11.5 Å². The Morgan fingerprint density at radius 3 is 2.33 bits per heavy atom. The van der Waals surface area contributed by atoms with Crippen LogP contribution >= 0.6 is 12.4 Å². The van der Waals surface area contributed by atoms with Crippen molar-refractivity contribution >= 4 is 12.4 Å². The predicted molar refractivity (Wildman–Crippen MR) is 74.6 cm³/mol. The summed E-state index contributed by atoms with van der Waals surface area (Å²) in [7, 11) is 1.60. The molecule has 0 radical (unpaired) electrons. The number of nitrogens with two attached hydrogens (primary N) is 1. The van der Waals surface area contributed by atoms with Crippen LogP contribution in [0.1, 0.15) is 20.3 Å². The number of aliphatic hydroxyl groups excluding tert-OH is 1. The van der Waals surface area contributed by atoms with Crippen LogP contribution in [0, 0.1) is 0 Å². The first-order chi connectivity index (χ1) is 7.98. The highest BCUT2D eigenvalue weighted by Crippen LogP contribution is 2.30. The maximum absolute atomic E-state index is 9.56. The van der Waals surface area contributed by atoms with Gasteiger partial charge in [0, 0.05) is 13.0 Å². The van der Waals surface area contributed by atoms with Crippen LogP contribution in [0.4, 0.5) is 0 Å². The van der Waals surface area contributed by atoms with Gasteiger partial charge >= 0.3 is 0 Å². The molecule has 0 amide bonds. The summed E-state index contributed by atoms with van der Waals surface area (Å²) >= 11 is 0. The number of hydrogen-bond donors (Lipinski definition) is 2. The maximum Gasteiger partial charge on any atom is 0.161 e. The fraction of sp³-hybridized carbons (Fsp3) is 0.538. The van der Waals surface area contributed by atoms with Crippen molar-refractivity contribution in [3.05, 3.63) is 24.3 Å². The van der Waals surface area contributed by atoms with Crippen molar-refractivity contribution in [2.45, 2.75) is 32.0 Å². The Labute approximate surface area is 115 Å². The second-order valence-electron chi connectivity index (χ2n) is 4.61. The topological polar surface area (TPSA) is 64.7 Å². The second kappa shape index (κ2) is 7.46. The van der Waals surface area contributed by atoms with Crippen molar-refractivity contribution in [2.24, 2.45) is 5.73 Å². The number of benzene rings is 1. The molecule has 104 valence electrons. The number of hydrogen-bond acceptors (Lipinski definition) is 4. The molecule has 4 nitrogen and oxygen atoms in total. The van der Waals surface area contributed by atoms with Crippen molar-refractivity contribution in [1.82, 2.24) is 0 Å². The van der Waals surface area contributed by atoms with E-state index in [1.807, 2.05) is 38.1 Å². The van der Waals surface area contributed by atoms with E-state index in [0.29, 0.717) is 17.9 Å². The lowest BCUT2D eigenvalue weighted by Gasteiger charge is -2.29. The van der Waals surface area contributed by atoms with Crippen molar-refractivity contribution in [1.29, 1.82) is 0 Å². The Morgan fingerprint density at radius 1 is 1.28 bits per heavy atom. The van der Waals surface area contributed by atoms with Gasteiger partial charge in [0.25, 0.3) is 0 Å². The normalized spacial score (nSPS) is 12.5. The van der Waals surface area contributed by atoms with Crippen LogP contribution in [-0.2, 0) is 0 Å². The molecule has 3 N–H and O–H groups in total. The van der Waals surface area contributed by atoms with Gasteiger partial charge in [0.1, 0.15) is 5.60 Å². The number of halogens is 1. The zero-order chi connectivity index (χ0) is 12.9. The summed E-state index contributed by atoms with van der Waals surface area (Å²) in [5.41, 5.74) is 4.91. The number of aliphatic hydroxyl groups is 1. The van der Waals surface area contributed by atoms with E-state index in [1.165, 1.54) is 0 Å². The van der Waals surface area contributed by atoms with E-state index in [1.54, 1.807) is 7.11 Å². The minimum atomic E-state index is -0.556. The van der Waals surface area contributed by atoms with E-state index in [9.17, 15) is 5.11 Å². The molecule has 1 rings (SSSR count). The lowest BCUT2D eigenvalue weighted by molar-refractivity contribution is 0.0397. The van der Waals surface area contributed by atoms with E-state index < -0.39 is 11.7 Å². The molecule has 5 heteroatoms. The van der Waals surface area contributed by atoms with Crippen LogP contribution in [0.15, 0.2) is 24.3 Å². The zero-order valence-corrected chi connectivity index (χ0v) is 11.9. The summed E-state index contributed by atoms with van der Waals surface area (Å²) in [6, 6.07) is 7.45. The smallest absolute Gasteiger partial charge is 0.161 e. The number of para-hydroxylation sites is 2. The first-order valence-corrected chi connectivity index (χ1v) is 5.68. The molecule has 0 saturated heterocycles. The van der Waals surface area contributed by atoms with Gasteiger partial charge in [-0.25, -0.2) is 0 Å². The highest BCUT2D eigenvalue weighted by Gasteiger charge is 2.24. The van der Waals surface area contributed by atoms with E-state index in [2.05, 4.69) is 0 Å². The Balaban J connectivity index is 0.00000289. The van der Waals surface area contributed by atoms with Crippen LogP contribution in [0.3, 0.4) is 0 Å². The van der Waals surface area contributed by atoms with Gasteiger partial charge < -0.3 is 20.3 Å². The third-order valence-corrected chi connectivity index (χ3v) is 2.45. The summed E-state index contributed by atoms with van der Waals surface area (Å²) in [6.45, 7) is 4.06. The Morgan fingerprint density at radius 2 is 1.83 bits per heavy atom. The molecule has 0 aliphatic rings. The Kier molecular flexibility index (Phi) is 7.06. The monoisotopic (exact) mass is 275 g/mol. The quantitative estimate of drug-likeness (QED) is 0.833. The van der Waals surface area contributed by atoms with E-state index in [4.69, 9.17) is 15.2 Å². The van der Waals surface area contributed by atoms with Crippen molar-refractivity contribution < 1.29 is 14.6 Å². The molecule has 1 aromatic rings. The average molecular weight is 276 g/mol. The molecule has 1 atom stereocenters. The average Bonchev–Trinajstić information content (AvgIpc) is 2.28. The van der Waals surface area contributed by atoms with E-state index >= 15 is 0 Å². The van der Waals surface area contributed by atoms with Gasteiger partial charge in [-0.15, -0.1) is 12.4 Å². The first-order valence-electron chi connectivity index (χ1n) is 5.68. The molecule has 0 bridgehead atoms. The Hall–Kier alpha value is -0.970. The van der Waals surface area contributed by atoms with Gasteiger partial charge in [-0.1, -0.05) is 12.1 Å². The molecule has 0 spiro atoms. The number of ether oxygens (including phenoxy) is 2. The van der Waals surface area contributed by atoms with Gasteiger partial charge in [-0.05, 0) is 26.0 Å². The zero-order valence-electron chi connectivity index (χ0n) is 11.1. The van der Waals surface area contributed by atoms with Gasteiger partial charge in [0.15, 0.2) is 11.5 Å². The number of rotatable bonds is 6. The SMILES string of the molecule is COc1ccccc1OC(C)(C)CC(O)CN.Cl. The summed E-state index contributed by atoms with van der Waals surface area (Å²) in [5, 5.41) is 9.56. The van der Waals surface area contributed by atoms with Gasteiger partial charge in [-0.3, -0.25) is 0 Å². The summed E-state index contributed by atoms with van der Waals surface area (Å²) in [4.78, 5) is 0. The second-order valence-corrected chi connectivity index (χ2v) is 4.61. The molecule has 0 aliphatic heterocycles. The summed E-state index contributed by atoms with van der Waals surface area (Å²) in [6.07, 6.45) is -0.0821. The molecule has 18 heavy (non-hydrogen) atoms. The molecular formula is C13H22ClNO3. The Bertz CT molecular complexity index is 358. The van der Waals surface area contributed by atoms with Crippen molar-refractivity contribution in [3.63, 3.8) is 0 Å². The van der Waals surface area contributed by atoms with Crippen LogP contribution in [0.25, 0.3) is 0 Å². The molecule has 1 aromatic carbocycles. The van der Waals surface area contributed by atoms with Crippen LogP contribution in [0.2, 0.25) is 0 Å². The van der Waals surface area contributed by atoms with Crippen LogP contribution < -0.4 is 15.2 Å². The first kappa shape index (κ1) is 17.0. The van der Waals surface area contributed by atoms with Gasteiger partial charge in [0.2, 0.25) is 0 Å². The highest BCUT2D eigenvalue weighted by molar-refractivity contribution is 5.85. The molecule has 0 aromatic heterocycles. The lowest BCUT2D eigenvalue weighted by atomic mass is 10.0. The fourth-order valence-electron chi connectivity index (χ4n) is 1.69. The van der Waals surface area contributed by atoms with Gasteiger partial charge in [0.05, 0.1) is 13.2 Å². The maximum atomic E-state index is 9.56. The third kappa shape index (κ3) is 5.12. The molecule has 0 saturated carbocycles. The van der Waals surface area contributed by atoms with E-state index in [0.717, 1.165) is 0 Å². The van der Waals surface area contributed by atoms with Crippen LogP contribution in [-0.4, -0.2) is 30.5 Å². The standard InChI is InChI=1S/C13H21NO3.ClH/c1-13(2,8-10(15)9-14)17-12-7-5-4-6-11(12)16-3;/h4-7,10,15H,8-9,14H2,1-3H3;1H. The summed E-state index contributed by atoms with van der Waals surface area (Å²) < 4.78 is 11.1. The summed E-state index contributed by atoms with van der Waals surface area (Å²) in [5.74, 6) is 1.35. The molecule has 0 heterocycles. The molecular weight excluding hydrogens is 254 g/mol. The number of methoxy groups -OCH3 is 1. The highest BCUT2D eigenvalue weighted by atomic mass is 35.5. The van der Waals surface area contributed by atoms with Crippen LogP contribution in [0.5, 0.6) is 11.5 Å². The minimum absolute atomic E-state index is 0. The lowest BCUT2D eigenvalue weighted by Crippen LogP contribution is -2.36. The van der Waals surface area contributed by atoms with Crippen molar-refractivity contribution in [2.75, 3.05) is 13.7 Å².